The van der Waals surface area contributed by atoms with Gasteiger partial charge in [0.05, 0.1) is 0 Å². The van der Waals surface area contributed by atoms with E-state index in [2.05, 4.69) is 45.1 Å². The summed E-state index contributed by atoms with van der Waals surface area (Å²) in [6.07, 6.45) is 63.1. The molecular formula is C59H110O6. The summed E-state index contributed by atoms with van der Waals surface area (Å²) in [7, 11) is 0. The van der Waals surface area contributed by atoms with Crippen LogP contribution in [0.3, 0.4) is 0 Å². The monoisotopic (exact) mass is 915 g/mol. The Labute approximate surface area is 404 Å². The van der Waals surface area contributed by atoms with Gasteiger partial charge in [-0.1, -0.05) is 270 Å². The molecule has 0 N–H and O–H groups in total. The van der Waals surface area contributed by atoms with Crippen LogP contribution in [0.1, 0.15) is 316 Å². The van der Waals surface area contributed by atoms with Gasteiger partial charge in [-0.05, 0) is 51.4 Å². The Bertz CT molecular complexity index is 1050. The predicted octanol–water partition coefficient (Wildman–Crippen LogP) is 19.1. The van der Waals surface area contributed by atoms with E-state index in [1.54, 1.807) is 0 Å². The van der Waals surface area contributed by atoms with Crippen LogP contribution < -0.4 is 0 Å². The molecule has 6 heteroatoms. The van der Waals surface area contributed by atoms with Gasteiger partial charge in [0.2, 0.25) is 0 Å². The summed E-state index contributed by atoms with van der Waals surface area (Å²) in [5.41, 5.74) is 0. The molecule has 0 fully saturated rings. The molecule has 0 aromatic heterocycles. The first-order valence-corrected chi connectivity index (χ1v) is 28.8. The summed E-state index contributed by atoms with van der Waals surface area (Å²) < 4.78 is 16.9. The molecule has 0 aromatic rings. The molecule has 0 spiro atoms. The standard InChI is InChI=1S/C59H110O6/c1-4-7-10-13-16-19-22-24-26-28-29-31-32-34-37-40-43-46-49-52-58(61)64-55-56(54-63-57(60)51-48-45-42-39-36-21-18-15-12-9-6-3)65-59(62)53-50-47-44-41-38-35-33-30-27-25-23-20-17-14-11-8-5-2/h16,19,24,26,56H,4-15,17-18,20-23,25,27-55H2,1-3H3/b19-16-,26-24-. The molecule has 0 bridgehead atoms. The van der Waals surface area contributed by atoms with Crippen molar-refractivity contribution in [3.63, 3.8) is 0 Å². The van der Waals surface area contributed by atoms with E-state index in [-0.39, 0.29) is 31.1 Å². The van der Waals surface area contributed by atoms with Crippen molar-refractivity contribution in [2.24, 2.45) is 0 Å². The van der Waals surface area contributed by atoms with Gasteiger partial charge in [0, 0.05) is 19.3 Å². The lowest BCUT2D eigenvalue weighted by Gasteiger charge is -2.18. The number of carbonyl (C=O) groups is 3. The number of allylic oxidation sites excluding steroid dienone is 4. The summed E-state index contributed by atoms with van der Waals surface area (Å²) in [4.78, 5) is 38.1. The summed E-state index contributed by atoms with van der Waals surface area (Å²) in [5, 5.41) is 0. The number of esters is 3. The Hall–Kier alpha value is -2.11. The Morgan fingerprint density at radius 2 is 0.554 bits per heavy atom. The molecule has 65 heavy (non-hydrogen) atoms. The lowest BCUT2D eigenvalue weighted by atomic mass is 10.0. The molecule has 6 nitrogen and oxygen atoms in total. The number of carbonyl (C=O) groups excluding carboxylic acids is 3. The maximum Gasteiger partial charge on any atom is 0.306 e. The molecule has 1 atom stereocenters. The fourth-order valence-corrected chi connectivity index (χ4v) is 8.59. The van der Waals surface area contributed by atoms with Gasteiger partial charge in [-0.2, -0.15) is 0 Å². The van der Waals surface area contributed by atoms with E-state index in [1.165, 1.54) is 212 Å². The zero-order chi connectivity index (χ0) is 47.2. The number of rotatable bonds is 53. The minimum atomic E-state index is -0.767. The van der Waals surface area contributed by atoms with E-state index >= 15 is 0 Å². The fourth-order valence-electron chi connectivity index (χ4n) is 8.59. The largest absolute Gasteiger partial charge is 0.462 e. The molecule has 0 aliphatic carbocycles. The van der Waals surface area contributed by atoms with Crippen molar-refractivity contribution >= 4 is 17.9 Å². The normalized spacial score (nSPS) is 12.1. The Balaban J connectivity index is 4.28. The average Bonchev–Trinajstić information content (AvgIpc) is 3.30. The Morgan fingerprint density at radius 1 is 0.308 bits per heavy atom. The van der Waals surface area contributed by atoms with Crippen molar-refractivity contribution in [2.45, 2.75) is 322 Å². The van der Waals surface area contributed by atoms with Crippen molar-refractivity contribution in [3.8, 4) is 0 Å². The number of ether oxygens (including phenoxy) is 3. The maximum atomic E-state index is 12.8. The van der Waals surface area contributed by atoms with Crippen LogP contribution in [0.4, 0.5) is 0 Å². The summed E-state index contributed by atoms with van der Waals surface area (Å²) in [5.74, 6) is -0.851. The quantitative estimate of drug-likeness (QED) is 0.0262. The third-order valence-electron chi connectivity index (χ3n) is 13.0. The second-order valence-electron chi connectivity index (χ2n) is 19.6. The molecule has 0 aliphatic rings. The first kappa shape index (κ1) is 62.9. The Kier molecular flexibility index (Phi) is 52.7. The van der Waals surface area contributed by atoms with Gasteiger partial charge >= 0.3 is 17.9 Å². The molecular weight excluding hydrogens is 805 g/mol. The van der Waals surface area contributed by atoms with Crippen LogP contribution in [0.15, 0.2) is 24.3 Å². The average molecular weight is 916 g/mol. The van der Waals surface area contributed by atoms with E-state index in [0.29, 0.717) is 19.3 Å². The highest BCUT2D eigenvalue weighted by Gasteiger charge is 2.19. The topological polar surface area (TPSA) is 78.9 Å². The van der Waals surface area contributed by atoms with Crippen molar-refractivity contribution in [2.75, 3.05) is 13.2 Å². The molecule has 0 heterocycles. The second-order valence-corrected chi connectivity index (χ2v) is 19.6. The zero-order valence-electron chi connectivity index (χ0n) is 43.8. The van der Waals surface area contributed by atoms with E-state index in [0.717, 1.165) is 64.2 Å². The highest BCUT2D eigenvalue weighted by Crippen LogP contribution is 2.17. The summed E-state index contributed by atoms with van der Waals surface area (Å²) in [6.45, 7) is 6.65. The van der Waals surface area contributed by atoms with Gasteiger partial charge in [0.15, 0.2) is 6.10 Å². The SMILES string of the molecule is CCCCC/C=C\C/C=C\CCCCCCCCCCCC(=O)OCC(COC(=O)CCCCCCCCCCCCC)OC(=O)CCCCCCCCCCCCCCCCCCC. The first-order chi connectivity index (χ1) is 32.0. The van der Waals surface area contributed by atoms with Crippen molar-refractivity contribution in [3.05, 3.63) is 24.3 Å². The highest BCUT2D eigenvalue weighted by molar-refractivity contribution is 5.71. The predicted molar refractivity (Wildman–Crippen MR) is 279 cm³/mol. The van der Waals surface area contributed by atoms with Crippen molar-refractivity contribution < 1.29 is 28.6 Å². The lowest BCUT2D eigenvalue weighted by molar-refractivity contribution is -0.167. The van der Waals surface area contributed by atoms with Crippen LogP contribution in [0.2, 0.25) is 0 Å². The first-order valence-electron chi connectivity index (χ1n) is 28.8. The molecule has 0 saturated carbocycles. The van der Waals surface area contributed by atoms with E-state index in [1.807, 2.05) is 0 Å². The molecule has 0 radical (unpaired) electrons. The summed E-state index contributed by atoms with van der Waals surface area (Å²) in [6, 6.07) is 0. The van der Waals surface area contributed by atoms with Gasteiger partial charge in [-0.25, -0.2) is 0 Å². The fraction of sp³-hybridized carbons (Fsp3) is 0.881. The molecule has 0 aromatic carbocycles. The van der Waals surface area contributed by atoms with E-state index < -0.39 is 6.10 Å². The van der Waals surface area contributed by atoms with E-state index in [9.17, 15) is 14.4 Å². The molecule has 0 saturated heterocycles. The number of unbranched alkanes of at least 4 members (excludes halogenated alkanes) is 38. The minimum Gasteiger partial charge on any atom is -0.462 e. The van der Waals surface area contributed by atoms with Crippen molar-refractivity contribution in [1.82, 2.24) is 0 Å². The van der Waals surface area contributed by atoms with Crippen molar-refractivity contribution in [1.29, 1.82) is 0 Å². The third kappa shape index (κ3) is 52.7. The highest BCUT2D eigenvalue weighted by atomic mass is 16.6. The van der Waals surface area contributed by atoms with Crippen LogP contribution >= 0.6 is 0 Å². The number of hydrogen-bond donors (Lipinski definition) is 0. The van der Waals surface area contributed by atoms with Gasteiger partial charge in [0.25, 0.3) is 0 Å². The molecule has 382 valence electrons. The number of hydrogen-bond acceptors (Lipinski definition) is 6. The summed E-state index contributed by atoms with van der Waals surface area (Å²) >= 11 is 0. The van der Waals surface area contributed by atoms with Crippen LogP contribution in [0.5, 0.6) is 0 Å². The van der Waals surface area contributed by atoms with Gasteiger partial charge in [-0.15, -0.1) is 0 Å². The van der Waals surface area contributed by atoms with Crippen LogP contribution in [0.25, 0.3) is 0 Å². The van der Waals surface area contributed by atoms with E-state index in [4.69, 9.17) is 14.2 Å². The molecule has 0 amide bonds. The van der Waals surface area contributed by atoms with Gasteiger partial charge in [-0.3, -0.25) is 14.4 Å². The third-order valence-corrected chi connectivity index (χ3v) is 13.0. The molecule has 0 rings (SSSR count). The van der Waals surface area contributed by atoms with Crippen LogP contribution in [-0.2, 0) is 28.6 Å². The zero-order valence-corrected chi connectivity index (χ0v) is 43.8. The molecule has 0 aliphatic heterocycles. The lowest BCUT2D eigenvalue weighted by Crippen LogP contribution is -2.30. The van der Waals surface area contributed by atoms with Gasteiger partial charge < -0.3 is 14.2 Å². The smallest absolute Gasteiger partial charge is 0.306 e. The van der Waals surface area contributed by atoms with Gasteiger partial charge in [0.1, 0.15) is 13.2 Å². The Morgan fingerprint density at radius 3 is 0.877 bits per heavy atom. The molecule has 1 unspecified atom stereocenters. The van der Waals surface area contributed by atoms with Crippen LogP contribution in [0, 0.1) is 0 Å². The second kappa shape index (κ2) is 54.5. The maximum absolute atomic E-state index is 12.8. The minimum absolute atomic E-state index is 0.0670. The van der Waals surface area contributed by atoms with Crippen LogP contribution in [-0.4, -0.2) is 37.2 Å².